The van der Waals surface area contributed by atoms with Gasteiger partial charge in [0, 0.05) is 54.8 Å². The van der Waals surface area contributed by atoms with Crippen LogP contribution >= 0.6 is 11.6 Å². The van der Waals surface area contributed by atoms with Gasteiger partial charge in [-0.15, -0.1) is 0 Å². The van der Waals surface area contributed by atoms with Gasteiger partial charge in [0.1, 0.15) is 12.4 Å². The van der Waals surface area contributed by atoms with Crippen LogP contribution in [0.25, 0.3) is 10.8 Å². The first-order chi connectivity index (χ1) is 20.0. The molecule has 8 nitrogen and oxygen atoms in total. The van der Waals surface area contributed by atoms with Crippen molar-refractivity contribution in [2.75, 3.05) is 56.2 Å². The molecule has 3 fully saturated rings. The number of anilines is 2. The Hall–Kier alpha value is -3.36. The van der Waals surface area contributed by atoms with Crippen LogP contribution < -0.4 is 14.5 Å². The first kappa shape index (κ1) is 26.5. The molecule has 1 aromatic heterocycles. The molecule has 0 radical (unpaired) electrons. The number of carbonyl (C=O) groups excluding carboxylic acids is 1. The molecule has 9 heteroatoms. The van der Waals surface area contributed by atoms with E-state index in [9.17, 15) is 4.79 Å². The monoisotopic (exact) mass is 572 g/mol. The Morgan fingerprint density at radius 1 is 1.12 bits per heavy atom. The van der Waals surface area contributed by atoms with Gasteiger partial charge in [0.15, 0.2) is 0 Å². The molecule has 5 heterocycles. The molecule has 1 amide bonds. The number of aromatic nitrogens is 2. The van der Waals surface area contributed by atoms with Crippen LogP contribution in [0.1, 0.15) is 30.5 Å². The summed E-state index contributed by atoms with van der Waals surface area (Å²) in [6.07, 6.45) is 5.64. The van der Waals surface area contributed by atoms with Crippen molar-refractivity contribution in [2.45, 2.75) is 44.3 Å². The summed E-state index contributed by atoms with van der Waals surface area (Å²) in [5.74, 6) is 1.44. The third-order valence-corrected chi connectivity index (χ3v) is 9.89. The van der Waals surface area contributed by atoms with Crippen LogP contribution in [0.15, 0.2) is 49.1 Å². The number of fused-ring (bicyclic) bond motifs is 3. The molecule has 41 heavy (non-hydrogen) atoms. The Kier molecular flexibility index (Phi) is 6.99. The summed E-state index contributed by atoms with van der Waals surface area (Å²) in [6, 6.07) is 13.5. The molecule has 3 aromatic rings. The zero-order valence-corrected chi connectivity index (χ0v) is 24.4. The number of hydrogen-bond donors (Lipinski definition) is 0. The van der Waals surface area contributed by atoms with Gasteiger partial charge in [-0.25, -0.2) is 0 Å². The fourth-order valence-electron chi connectivity index (χ4n) is 7.33. The van der Waals surface area contributed by atoms with Crippen LogP contribution in [0.3, 0.4) is 0 Å². The van der Waals surface area contributed by atoms with E-state index >= 15 is 0 Å². The first-order valence-corrected chi connectivity index (χ1v) is 15.2. The van der Waals surface area contributed by atoms with Crippen molar-refractivity contribution in [3.63, 3.8) is 0 Å². The first-order valence-electron chi connectivity index (χ1n) is 14.8. The molecule has 3 atom stereocenters. The summed E-state index contributed by atoms with van der Waals surface area (Å²) in [7, 11) is 2.16. The zero-order valence-electron chi connectivity index (χ0n) is 23.6. The molecule has 4 aliphatic rings. The molecule has 4 aliphatic heterocycles. The van der Waals surface area contributed by atoms with Crippen molar-refractivity contribution >= 4 is 39.8 Å². The van der Waals surface area contributed by atoms with E-state index in [4.69, 9.17) is 26.3 Å². The van der Waals surface area contributed by atoms with E-state index < -0.39 is 0 Å². The second-order valence-electron chi connectivity index (χ2n) is 11.9. The van der Waals surface area contributed by atoms with Gasteiger partial charge in [-0.3, -0.25) is 4.79 Å². The van der Waals surface area contributed by atoms with E-state index in [2.05, 4.69) is 52.6 Å². The highest BCUT2D eigenvalue weighted by Crippen LogP contribution is 2.40. The van der Waals surface area contributed by atoms with E-state index in [1.165, 1.54) is 18.1 Å². The fourth-order valence-corrected chi connectivity index (χ4v) is 7.61. The second kappa shape index (κ2) is 10.8. The largest absolute Gasteiger partial charge is 0.462 e. The standard InChI is InChI=1S/C32H37ClN6O2/c1-3-29(40)38-17-22-12-16-39(28(22)19-38)31-24-13-15-37(27-11-5-8-21-7-4-10-25(33)30(21)27)18-26(24)34-32(35-31)41-20-23-9-6-14-36(23)2/h3-5,7-8,10-11,22-23,28H,1,6,9,12-20H2,2H3/t22-,23-,28+/m0/s1. The van der Waals surface area contributed by atoms with E-state index in [0.29, 0.717) is 37.7 Å². The van der Waals surface area contributed by atoms with Crippen molar-refractivity contribution < 1.29 is 9.53 Å². The maximum atomic E-state index is 12.4. The number of rotatable bonds is 6. The number of benzene rings is 2. The lowest BCUT2D eigenvalue weighted by Gasteiger charge is -2.35. The number of likely N-dealkylation sites (N-methyl/N-ethyl adjacent to an activating group) is 1. The smallest absolute Gasteiger partial charge is 0.318 e. The van der Waals surface area contributed by atoms with Crippen molar-refractivity contribution in [1.29, 1.82) is 0 Å². The van der Waals surface area contributed by atoms with E-state index in [1.54, 1.807) is 0 Å². The average molecular weight is 573 g/mol. The van der Waals surface area contributed by atoms with Gasteiger partial charge < -0.3 is 24.3 Å². The van der Waals surface area contributed by atoms with E-state index in [1.807, 2.05) is 17.0 Å². The van der Waals surface area contributed by atoms with Crippen molar-refractivity contribution in [3.8, 4) is 6.01 Å². The molecule has 0 aliphatic carbocycles. The second-order valence-corrected chi connectivity index (χ2v) is 12.3. The Morgan fingerprint density at radius 2 is 1.98 bits per heavy atom. The number of carbonyl (C=O) groups is 1. The topological polar surface area (TPSA) is 65.0 Å². The molecule has 2 aromatic carbocycles. The van der Waals surface area contributed by atoms with Gasteiger partial charge >= 0.3 is 6.01 Å². The number of nitrogens with zero attached hydrogens (tertiary/aromatic N) is 6. The lowest BCUT2D eigenvalue weighted by atomic mass is 10.0. The average Bonchev–Trinajstić information content (AvgIpc) is 3.71. The molecule has 0 bridgehead atoms. The third kappa shape index (κ3) is 4.81. The SMILES string of the molecule is C=CC(=O)N1C[C@@H]2CCN(c3nc(OC[C@@H]4CCCN4C)nc4c3CCN(c3cccc5cccc(Cl)c35)C4)[C@@H]2C1. The van der Waals surface area contributed by atoms with Crippen molar-refractivity contribution in [1.82, 2.24) is 19.8 Å². The predicted octanol–water partition coefficient (Wildman–Crippen LogP) is 4.54. The predicted molar refractivity (Wildman–Crippen MR) is 163 cm³/mol. The Labute approximate surface area is 246 Å². The summed E-state index contributed by atoms with van der Waals surface area (Å²) >= 11 is 6.71. The minimum Gasteiger partial charge on any atom is -0.462 e. The highest BCUT2D eigenvalue weighted by Gasteiger charge is 2.44. The van der Waals surface area contributed by atoms with Gasteiger partial charge in [0.05, 0.1) is 23.3 Å². The van der Waals surface area contributed by atoms with Crippen LogP contribution in [-0.4, -0.2) is 84.1 Å². The van der Waals surface area contributed by atoms with Crippen molar-refractivity contribution in [3.05, 3.63) is 65.3 Å². The molecule has 7 rings (SSSR count). The van der Waals surface area contributed by atoms with Gasteiger partial charge in [0.25, 0.3) is 0 Å². The van der Waals surface area contributed by atoms with Crippen molar-refractivity contribution in [2.24, 2.45) is 5.92 Å². The van der Waals surface area contributed by atoms with E-state index in [-0.39, 0.29) is 11.9 Å². The maximum Gasteiger partial charge on any atom is 0.318 e. The summed E-state index contributed by atoms with van der Waals surface area (Å²) < 4.78 is 6.34. The molecular formula is C32H37ClN6O2. The molecular weight excluding hydrogens is 536 g/mol. The summed E-state index contributed by atoms with van der Waals surface area (Å²) in [5, 5.41) is 2.98. The molecule has 0 saturated carbocycles. The number of amides is 1. The number of hydrogen-bond acceptors (Lipinski definition) is 7. The van der Waals surface area contributed by atoms with Crippen LogP contribution in [0.2, 0.25) is 5.02 Å². The number of ether oxygens (including phenoxy) is 1. The maximum absolute atomic E-state index is 12.4. The summed E-state index contributed by atoms with van der Waals surface area (Å²) in [6.45, 7) is 9.33. The van der Waals surface area contributed by atoms with Crippen LogP contribution in [0, 0.1) is 5.92 Å². The Bertz CT molecular complexity index is 1490. The third-order valence-electron chi connectivity index (χ3n) is 9.58. The van der Waals surface area contributed by atoms with Gasteiger partial charge in [0.2, 0.25) is 5.91 Å². The number of halogens is 1. The normalized spacial score (nSPS) is 24.1. The number of likely N-dealkylation sites (tertiary alicyclic amines) is 2. The molecule has 0 spiro atoms. The zero-order chi connectivity index (χ0) is 28.1. The van der Waals surface area contributed by atoms with Gasteiger partial charge in [-0.1, -0.05) is 42.4 Å². The minimum atomic E-state index is 0.0122. The van der Waals surface area contributed by atoms with Gasteiger partial charge in [-0.2, -0.15) is 9.97 Å². The molecule has 3 saturated heterocycles. The fraction of sp³-hybridized carbons (Fsp3) is 0.469. The lowest BCUT2D eigenvalue weighted by molar-refractivity contribution is -0.125. The quantitative estimate of drug-likeness (QED) is 0.402. The van der Waals surface area contributed by atoms with E-state index in [0.717, 1.165) is 78.4 Å². The Morgan fingerprint density at radius 3 is 2.78 bits per heavy atom. The lowest BCUT2D eigenvalue weighted by Crippen LogP contribution is -2.39. The summed E-state index contributed by atoms with van der Waals surface area (Å²) in [5.41, 5.74) is 3.34. The minimum absolute atomic E-state index is 0.0122. The highest BCUT2D eigenvalue weighted by molar-refractivity contribution is 6.36. The van der Waals surface area contributed by atoms with Crippen LogP contribution in [0.5, 0.6) is 6.01 Å². The van der Waals surface area contributed by atoms with Crippen LogP contribution in [0.4, 0.5) is 11.5 Å². The highest BCUT2D eigenvalue weighted by atomic mass is 35.5. The van der Waals surface area contributed by atoms with Gasteiger partial charge in [-0.05, 0) is 62.9 Å². The molecule has 0 N–H and O–H groups in total. The van der Waals surface area contributed by atoms with Crippen LogP contribution in [-0.2, 0) is 17.8 Å². The molecule has 214 valence electrons. The Balaban J connectivity index is 1.23. The summed E-state index contributed by atoms with van der Waals surface area (Å²) in [4.78, 5) is 31.6. The molecule has 0 unspecified atom stereocenters.